The van der Waals surface area contributed by atoms with Crippen molar-refractivity contribution in [2.75, 3.05) is 0 Å². The maximum atomic E-state index is 14.5. The molecule has 3 unspecified atom stereocenters. The molecule has 3 nitrogen and oxygen atoms in total. The number of alkyl halides is 18. The van der Waals surface area contributed by atoms with Gasteiger partial charge >= 0.3 is 54.4 Å². The second kappa shape index (κ2) is 12.4. The van der Waals surface area contributed by atoms with E-state index < -0.39 is 92.7 Å². The number of hydrogen-bond donors (Lipinski definition) is 0. The van der Waals surface area contributed by atoms with Gasteiger partial charge in [-0.3, -0.25) is 14.2 Å². The van der Waals surface area contributed by atoms with E-state index >= 15 is 0 Å². The molecule has 0 N–H and O–H groups in total. The van der Waals surface area contributed by atoms with Gasteiger partial charge in [0, 0.05) is 12.8 Å². The highest BCUT2D eigenvalue weighted by Gasteiger charge is 2.83. The summed E-state index contributed by atoms with van der Waals surface area (Å²) in [7, 11) is 0. The molecule has 3 atom stereocenters. The van der Waals surface area contributed by atoms with Crippen LogP contribution in [-0.4, -0.2) is 67.8 Å². The van der Waals surface area contributed by atoms with Crippen LogP contribution in [0, 0.1) is 0 Å². The van der Waals surface area contributed by atoms with Crippen LogP contribution in [0.3, 0.4) is 0 Å². The van der Waals surface area contributed by atoms with Crippen molar-refractivity contribution in [2.24, 2.45) is 0 Å². The quantitative estimate of drug-likeness (QED) is 0.0998. The first kappa shape index (κ1) is 42.2. The van der Waals surface area contributed by atoms with Crippen LogP contribution < -0.4 is 0 Å². The van der Waals surface area contributed by atoms with Crippen molar-refractivity contribution in [1.82, 2.24) is 0 Å². The van der Waals surface area contributed by atoms with Gasteiger partial charge in [-0.25, -0.2) is 8.78 Å². The summed E-state index contributed by atoms with van der Waals surface area (Å²) in [5.41, 5.74) is 0. The summed E-state index contributed by atoms with van der Waals surface area (Å²) in [5, 5.41) is 0. The Morgan fingerprint density at radius 3 is 0.929 bits per heavy atom. The lowest BCUT2D eigenvalue weighted by Gasteiger charge is -2.41. The third kappa shape index (κ3) is 10.4. The van der Waals surface area contributed by atoms with Crippen LogP contribution in [0.1, 0.15) is 12.8 Å². The lowest BCUT2D eigenvalue weighted by atomic mass is 10.2. The predicted octanol–water partition coefficient (Wildman–Crippen LogP) is 10.4. The van der Waals surface area contributed by atoms with Gasteiger partial charge in [-0.1, -0.05) is 0 Å². The van der Waals surface area contributed by atoms with Crippen LogP contribution in [0.25, 0.3) is 0 Å². The molecule has 0 aromatic rings. The van der Waals surface area contributed by atoms with Gasteiger partial charge in [0.15, 0.2) is 0 Å². The predicted molar refractivity (Wildman–Crippen MR) is 113 cm³/mol. The van der Waals surface area contributed by atoms with E-state index in [0.29, 0.717) is 6.55 Å². The van der Waals surface area contributed by atoms with Crippen molar-refractivity contribution < 1.29 is 93.2 Å². The van der Waals surface area contributed by atoms with E-state index in [9.17, 15) is 79.0 Å². The monoisotopic (exact) mass is 780 g/mol. The summed E-state index contributed by atoms with van der Waals surface area (Å²) in [6.45, 7) is -6.44. The molecular formula is C15H14Cl4F18O3Si2. The van der Waals surface area contributed by atoms with Gasteiger partial charge in [-0.05, 0) is 25.2 Å². The van der Waals surface area contributed by atoms with Gasteiger partial charge in [0.25, 0.3) is 0 Å². The molecule has 0 heterocycles. The molecule has 27 heteroatoms. The molecule has 0 radical (unpaired) electrons. The van der Waals surface area contributed by atoms with Gasteiger partial charge in [0.1, 0.15) is 0 Å². The number of hydrogen-bond acceptors (Lipinski definition) is 3. The minimum atomic E-state index is -7.93. The van der Waals surface area contributed by atoms with Crippen molar-refractivity contribution in [3.05, 3.63) is 0 Å². The van der Waals surface area contributed by atoms with Gasteiger partial charge in [-0.15, -0.1) is 44.3 Å². The zero-order valence-electron chi connectivity index (χ0n) is 19.9. The van der Waals surface area contributed by atoms with E-state index in [1.807, 2.05) is 0 Å². The Kier molecular flexibility index (Phi) is 12.5. The summed E-state index contributed by atoms with van der Waals surface area (Å²) >= 11 is 21.3. The highest BCUT2D eigenvalue weighted by atomic mass is 35.7. The van der Waals surface area contributed by atoms with Crippen molar-refractivity contribution in [2.45, 2.75) is 92.4 Å². The maximum absolute atomic E-state index is 14.5. The average Bonchev–Trinajstić information content (AvgIpc) is 2.66. The molecule has 0 aliphatic heterocycles. The lowest BCUT2D eigenvalue weighted by Crippen LogP contribution is -2.66. The van der Waals surface area contributed by atoms with Gasteiger partial charge < -0.3 is 0 Å². The van der Waals surface area contributed by atoms with Crippen LogP contribution in [-0.2, 0) is 14.2 Å². The number of halogens is 22. The summed E-state index contributed by atoms with van der Waals surface area (Å²) in [4.78, 5) is 0. The van der Waals surface area contributed by atoms with Gasteiger partial charge in [0.2, 0.25) is 13.4 Å². The van der Waals surface area contributed by atoms with Crippen molar-refractivity contribution in [3.8, 4) is 0 Å². The third-order valence-corrected chi connectivity index (χ3v) is 9.07. The average molecular weight is 782 g/mol. The molecule has 0 aliphatic rings. The minimum Gasteiger partial charge on any atom is -0.270 e. The molecule has 0 aromatic carbocycles. The fourth-order valence-electron chi connectivity index (χ4n) is 2.31. The Bertz CT molecular complexity index is 922. The molecule has 42 heavy (non-hydrogen) atoms. The largest absolute Gasteiger partial charge is 0.458 e. The van der Waals surface area contributed by atoms with Gasteiger partial charge in [-0.2, -0.15) is 70.2 Å². The second-order valence-electron chi connectivity index (χ2n) is 8.54. The molecule has 0 bridgehead atoms. The Balaban J connectivity index is 6.76. The molecule has 254 valence electrons. The minimum absolute atomic E-state index is 0.709. The normalized spacial score (nSPS) is 19.7. The van der Waals surface area contributed by atoms with Crippen LogP contribution in [0.5, 0.6) is 0 Å². The second-order valence-corrected chi connectivity index (χ2v) is 25.0. The molecule has 0 aromatic heterocycles. The Labute approximate surface area is 243 Å². The fourth-order valence-corrected chi connectivity index (χ4v) is 4.97. The molecular weight excluding hydrogens is 768 g/mol. The first-order chi connectivity index (χ1) is 17.8. The number of rotatable bonds is 14. The van der Waals surface area contributed by atoms with Crippen molar-refractivity contribution in [1.29, 1.82) is 0 Å². The highest BCUT2D eigenvalue weighted by Crippen LogP contribution is 2.56. The third-order valence-electron chi connectivity index (χ3n) is 4.54. The summed E-state index contributed by atoms with van der Waals surface area (Å²) in [6, 6.07) is -2.95. The van der Waals surface area contributed by atoms with Crippen LogP contribution in [0.15, 0.2) is 0 Å². The van der Waals surface area contributed by atoms with E-state index in [1.165, 1.54) is 0 Å². The molecule has 0 saturated heterocycles. The van der Waals surface area contributed by atoms with E-state index in [0.717, 1.165) is 6.55 Å². The molecule has 0 aliphatic carbocycles. The van der Waals surface area contributed by atoms with E-state index in [1.54, 1.807) is 4.74 Å². The molecule has 0 saturated carbocycles. The van der Waals surface area contributed by atoms with Crippen molar-refractivity contribution in [3.63, 3.8) is 0 Å². The summed E-state index contributed by atoms with van der Waals surface area (Å²) < 4.78 is 251. The molecule has 0 rings (SSSR count). The summed E-state index contributed by atoms with van der Waals surface area (Å²) in [5.74, 6) is -20.1. The zero-order chi connectivity index (χ0) is 34.4. The first-order valence-corrected chi connectivity index (χ1v) is 19.5. The first-order valence-electron chi connectivity index (χ1n) is 10.0. The zero-order valence-corrected chi connectivity index (χ0v) is 24.9. The van der Waals surface area contributed by atoms with Crippen LogP contribution in [0.4, 0.5) is 79.0 Å². The Hall–Kier alpha value is 0.214. The van der Waals surface area contributed by atoms with Crippen LogP contribution >= 0.6 is 44.3 Å². The van der Waals surface area contributed by atoms with E-state index in [2.05, 4.69) is 9.47 Å². The topological polar surface area (TPSA) is 27.7 Å². The molecule has 0 spiro atoms. The Morgan fingerprint density at radius 2 is 0.690 bits per heavy atom. The SMILES string of the molecule is C[Si](Cl)(Cl)CCC(F)(OC(F)(F)C(F)(F)OC(F)(C(F)(F)F)C(F)(F)OC(F)(CC[Si](C)(Cl)Cl)C(F)(F)F)C(F)(F)F. The standard InChI is InChI=1S/C15H14Cl4F18O3Si2/c1-41(16,17)5-3-7(20,10(23,24)25)38-13(32,33)9(22,12(29,30)31)40-15(36,37)14(34,35)39-8(21,11(26,27)28)4-6-42(2,18)19/h3-6H2,1-2H3. The fraction of sp³-hybridized carbons (Fsp3) is 1.00. The smallest absolute Gasteiger partial charge is 0.270 e. The van der Waals surface area contributed by atoms with E-state index in [4.69, 9.17) is 44.3 Å². The highest BCUT2D eigenvalue weighted by molar-refractivity contribution is 7.45. The molecule has 0 fully saturated rings. The lowest BCUT2D eigenvalue weighted by molar-refractivity contribution is -0.567. The van der Waals surface area contributed by atoms with E-state index in [-0.39, 0.29) is 0 Å². The maximum Gasteiger partial charge on any atom is 0.458 e. The van der Waals surface area contributed by atoms with Crippen molar-refractivity contribution >= 4 is 57.7 Å². The Morgan fingerprint density at radius 1 is 0.429 bits per heavy atom. The number of ether oxygens (including phenoxy) is 3. The molecule has 0 amide bonds. The van der Waals surface area contributed by atoms with Crippen LogP contribution in [0.2, 0.25) is 25.2 Å². The summed E-state index contributed by atoms with van der Waals surface area (Å²) in [6.07, 6.45) is -49.5. The van der Waals surface area contributed by atoms with Gasteiger partial charge in [0.05, 0.1) is 0 Å².